The molecule has 2 amide bonds. The molecule has 20 heavy (non-hydrogen) atoms. The molecule has 1 unspecified atom stereocenters. The van der Waals surface area contributed by atoms with Crippen LogP contribution >= 0.6 is 0 Å². The van der Waals surface area contributed by atoms with Crippen molar-refractivity contribution in [3.05, 3.63) is 29.8 Å². The Hall–Kier alpha value is -2.55. The van der Waals surface area contributed by atoms with E-state index >= 15 is 0 Å². The van der Waals surface area contributed by atoms with Crippen LogP contribution in [-0.4, -0.2) is 35.1 Å². The van der Waals surface area contributed by atoms with Gasteiger partial charge in [-0.15, -0.1) is 0 Å². The van der Waals surface area contributed by atoms with Gasteiger partial charge in [0.05, 0.1) is 18.9 Å². The quantitative estimate of drug-likeness (QED) is 0.860. The first-order valence-electron chi connectivity index (χ1n) is 6.16. The van der Waals surface area contributed by atoms with Crippen LogP contribution in [0.3, 0.4) is 0 Å². The second-order valence-electron chi connectivity index (χ2n) is 4.48. The van der Waals surface area contributed by atoms with Gasteiger partial charge in [0.25, 0.3) is 0 Å². The molecular formula is C14H17N3O3. The van der Waals surface area contributed by atoms with Gasteiger partial charge >= 0.3 is 12.0 Å². The van der Waals surface area contributed by atoms with Crippen LogP contribution in [0.25, 0.3) is 0 Å². The lowest BCUT2D eigenvalue weighted by Crippen LogP contribution is -2.38. The zero-order valence-electron chi connectivity index (χ0n) is 11.5. The number of nitrogens with one attached hydrogen (secondary N) is 1. The molecular weight excluding hydrogens is 258 g/mol. The molecule has 6 nitrogen and oxygen atoms in total. The fourth-order valence-electron chi connectivity index (χ4n) is 1.63. The first-order valence-corrected chi connectivity index (χ1v) is 6.16. The van der Waals surface area contributed by atoms with Crippen LogP contribution in [0.15, 0.2) is 24.3 Å². The predicted molar refractivity (Wildman–Crippen MR) is 74.3 cm³/mol. The van der Waals surface area contributed by atoms with E-state index in [1.54, 1.807) is 38.2 Å². The number of carbonyl (C=O) groups is 2. The first kappa shape index (κ1) is 15.5. The van der Waals surface area contributed by atoms with E-state index < -0.39 is 5.97 Å². The highest BCUT2D eigenvalue weighted by molar-refractivity contribution is 5.91. The number of nitrogens with zero attached hydrogens (tertiary/aromatic N) is 2. The lowest BCUT2D eigenvalue weighted by Gasteiger charge is -2.23. The maximum Gasteiger partial charge on any atom is 0.321 e. The average molecular weight is 275 g/mol. The summed E-state index contributed by atoms with van der Waals surface area (Å²) in [6.45, 7) is 1.77. The Kier molecular flexibility index (Phi) is 5.54. The van der Waals surface area contributed by atoms with Gasteiger partial charge in [-0.2, -0.15) is 5.26 Å². The van der Waals surface area contributed by atoms with Crippen LogP contribution in [0.4, 0.5) is 10.5 Å². The minimum Gasteiger partial charge on any atom is -0.481 e. The Morgan fingerprint density at radius 1 is 1.45 bits per heavy atom. The molecule has 0 aliphatic heterocycles. The Morgan fingerprint density at radius 3 is 2.70 bits per heavy atom. The fraction of sp³-hybridized carbons (Fsp3) is 0.357. The molecule has 2 N–H and O–H groups in total. The third-order valence-corrected chi connectivity index (χ3v) is 2.97. The molecule has 0 saturated heterocycles. The summed E-state index contributed by atoms with van der Waals surface area (Å²) in [6, 6.07) is 8.17. The van der Waals surface area contributed by atoms with Crippen LogP contribution in [0, 0.1) is 11.3 Å². The Balaban J connectivity index is 2.80. The van der Waals surface area contributed by atoms with Crippen molar-refractivity contribution in [2.24, 2.45) is 0 Å². The number of carboxylic acid groups (broad SMARTS) is 1. The molecule has 1 atom stereocenters. The van der Waals surface area contributed by atoms with E-state index in [4.69, 9.17) is 10.4 Å². The normalized spacial score (nSPS) is 11.2. The van der Waals surface area contributed by atoms with Crippen molar-refractivity contribution >= 4 is 17.7 Å². The van der Waals surface area contributed by atoms with Crippen LogP contribution in [0.2, 0.25) is 0 Å². The lowest BCUT2D eigenvalue weighted by molar-refractivity contribution is -0.136. The summed E-state index contributed by atoms with van der Waals surface area (Å²) < 4.78 is 0. The molecule has 0 aromatic heterocycles. The average Bonchev–Trinajstić information content (AvgIpc) is 2.39. The molecule has 0 aliphatic carbocycles. The van der Waals surface area contributed by atoms with E-state index in [1.165, 1.54) is 4.90 Å². The summed E-state index contributed by atoms with van der Waals surface area (Å²) in [6.07, 6.45) is 0.0780. The molecule has 0 fully saturated rings. The number of anilines is 1. The Bertz CT molecular complexity index is 537. The highest BCUT2D eigenvalue weighted by Gasteiger charge is 2.17. The van der Waals surface area contributed by atoms with Crippen molar-refractivity contribution < 1.29 is 14.7 Å². The van der Waals surface area contributed by atoms with Gasteiger partial charge in [0.2, 0.25) is 0 Å². The molecule has 0 heterocycles. The lowest BCUT2D eigenvalue weighted by atomic mass is 10.1. The number of carbonyl (C=O) groups excluding carboxylic acids is 1. The van der Waals surface area contributed by atoms with Gasteiger partial charge < -0.3 is 15.3 Å². The number of amides is 2. The van der Waals surface area contributed by atoms with E-state index in [0.717, 1.165) is 0 Å². The van der Waals surface area contributed by atoms with Crippen molar-refractivity contribution in [3.63, 3.8) is 0 Å². The summed E-state index contributed by atoms with van der Waals surface area (Å²) in [5.74, 6) is -0.960. The largest absolute Gasteiger partial charge is 0.481 e. The second kappa shape index (κ2) is 7.14. The van der Waals surface area contributed by atoms with E-state index in [9.17, 15) is 9.59 Å². The number of hydrogen-bond donors (Lipinski definition) is 2. The van der Waals surface area contributed by atoms with Gasteiger partial charge in [-0.3, -0.25) is 4.79 Å². The molecule has 0 spiro atoms. The van der Waals surface area contributed by atoms with Gasteiger partial charge in [0.15, 0.2) is 0 Å². The zero-order chi connectivity index (χ0) is 15.1. The summed E-state index contributed by atoms with van der Waals surface area (Å²) in [5.41, 5.74) is 1.01. The molecule has 0 saturated carbocycles. The maximum absolute atomic E-state index is 12.0. The van der Waals surface area contributed by atoms with E-state index in [-0.39, 0.29) is 24.9 Å². The van der Waals surface area contributed by atoms with Gasteiger partial charge in [-0.05, 0) is 18.6 Å². The van der Waals surface area contributed by atoms with Crippen LogP contribution in [0.5, 0.6) is 0 Å². The number of aliphatic carboxylic acids is 1. The first-order chi connectivity index (χ1) is 9.45. The molecule has 0 radical (unpaired) electrons. The molecule has 106 valence electrons. The molecule has 1 rings (SSSR count). The van der Waals surface area contributed by atoms with Crippen LogP contribution in [0.1, 0.15) is 18.9 Å². The maximum atomic E-state index is 12.0. The van der Waals surface area contributed by atoms with E-state index in [0.29, 0.717) is 11.3 Å². The number of benzene rings is 1. The van der Waals surface area contributed by atoms with E-state index in [1.807, 2.05) is 6.07 Å². The predicted octanol–water partition coefficient (Wildman–Crippen LogP) is 2.08. The minimum absolute atomic E-state index is 0.159. The minimum atomic E-state index is -0.960. The topological polar surface area (TPSA) is 93.4 Å². The summed E-state index contributed by atoms with van der Waals surface area (Å²) in [5, 5.41) is 20.1. The van der Waals surface area contributed by atoms with Crippen molar-refractivity contribution in [1.29, 1.82) is 5.26 Å². The van der Waals surface area contributed by atoms with Crippen molar-refractivity contribution in [3.8, 4) is 6.07 Å². The van der Waals surface area contributed by atoms with Crippen LogP contribution in [-0.2, 0) is 11.2 Å². The van der Waals surface area contributed by atoms with Crippen molar-refractivity contribution in [2.75, 3.05) is 12.4 Å². The summed E-state index contributed by atoms with van der Waals surface area (Å²) in [7, 11) is 1.59. The number of para-hydroxylation sites is 1. The number of rotatable bonds is 5. The summed E-state index contributed by atoms with van der Waals surface area (Å²) in [4.78, 5) is 24.2. The fourth-order valence-corrected chi connectivity index (χ4v) is 1.63. The third-order valence-electron chi connectivity index (χ3n) is 2.97. The number of carboxylic acids is 1. The number of nitriles is 1. The zero-order valence-corrected chi connectivity index (χ0v) is 11.5. The SMILES string of the molecule is CC(CC#N)N(C)C(=O)Nc1ccccc1CC(=O)O. The highest BCUT2D eigenvalue weighted by Crippen LogP contribution is 2.16. The second-order valence-corrected chi connectivity index (χ2v) is 4.48. The van der Waals surface area contributed by atoms with E-state index in [2.05, 4.69) is 5.32 Å². The Labute approximate surface area is 117 Å². The van der Waals surface area contributed by atoms with Gasteiger partial charge in [-0.25, -0.2) is 4.79 Å². The molecule has 1 aromatic rings. The highest BCUT2D eigenvalue weighted by atomic mass is 16.4. The number of urea groups is 1. The standard InChI is InChI=1S/C14H17N3O3/c1-10(7-8-15)17(2)14(20)16-12-6-4-3-5-11(12)9-13(18)19/h3-6,10H,7,9H2,1-2H3,(H,16,20)(H,18,19). The van der Waals surface area contributed by atoms with Gasteiger partial charge in [0, 0.05) is 18.8 Å². The molecule has 1 aromatic carbocycles. The monoisotopic (exact) mass is 275 g/mol. The third kappa shape index (κ3) is 4.28. The smallest absolute Gasteiger partial charge is 0.321 e. The van der Waals surface area contributed by atoms with Crippen molar-refractivity contribution in [2.45, 2.75) is 25.8 Å². The van der Waals surface area contributed by atoms with Crippen LogP contribution < -0.4 is 5.32 Å². The number of hydrogen-bond acceptors (Lipinski definition) is 3. The summed E-state index contributed by atoms with van der Waals surface area (Å²) >= 11 is 0. The van der Waals surface area contributed by atoms with Gasteiger partial charge in [0.1, 0.15) is 0 Å². The molecule has 0 bridgehead atoms. The Morgan fingerprint density at radius 2 is 2.10 bits per heavy atom. The molecule has 6 heteroatoms. The molecule has 0 aliphatic rings. The van der Waals surface area contributed by atoms with Gasteiger partial charge in [-0.1, -0.05) is 18.2 Å². The van der Waals surface area contributed by atoms with Crippen molar-refractivity contribution in [1.82, 2.24) is 4.90 Å².